The second kappa shape index (κ2) is 7.11. The summed E-state index contributed by atoms with van der Waals surface area (Å²) in [5.41, 5.74) is 0. The molecule has 0 saturated carbocycles. The summed E-state index contributed by atoms with van der Waals surface area (Å²) in [5, 5.41) is 11.5. The lowest BCUT2D eigenvalue weighted by molar-refractivity contribution is -0.757. The molecule has 0 rings (SSSR count). The van der Waals surface area contributed by atoms with Crippen molar-refractivity contribution in [3.05, 3.63) is 10.1 Å². The van der Waals surface area contributed by atoms with Gasteiger partial charge in [0.25, 0.3) is 5.09 Å². The number of nitrogens with zero attached hydrogens (tertiary/aromatic N) is 1. The minimum Gasteiger partial charge on any atom is -0.359 e. The van der Waals surface area contributed by atoms with Crippen LogP contribution in [0, 0.1) is 16.0 Å². The monoisotopic (exact) mass is 204 g/mol. The molecule has 0 aromatic rings. The van der Waals surface area contributed by atoms with Gasteiger partial charge in [0.2, 0.25) is 5.91 Å². The first-order chi connectivity index (χ1) is 6.61. The summed E-state index contributed by atoms with van der Waals surface area (Å²) in [6.45, 7) is 1.97. The molecular weight excluding hydrogens is 188 g/mol. The molecule has 0 aliphatic rings. The largest absolute Gasteiger partial charge is 0.359 e. The van der Waals surface area contributed by atoms with Crippen LogP contribution in [0.25, 0.3) is 0 Å². The van der Waals surface area contributed by atoms with Gasteiger partial charge >= 0.3 is 0 Å². The molecule has 0 aromatic heterocycles. The molecule has 1 atom stereocenters. The van der Waals surface area contributed by atoms with Gasteiger partial charge in [-0.1, -0.05) is 6.92 Å². The van der Waals surface area contributed by atoms with E-state index in [1.807, 2.05) is 6.92 Å². The number of carbonyl (C=O) groups excluding carboxylic acids is 1. The summed E-state index contributed by atoms with van der Waals surface area (Å²) in [6, 6.07) is 0. The second-order valence-corrected chi connectivity index (χ2v) is 2.92. The maximum absolute atomic E-state index is 11.2. The molecule has 0 aliphatic heterocycles. The van der Waals surface area contributed by atoms with Crippen LogP contribution < -0.4 is 5.32 Å². The molecule has 0 saturated heterocycles. The SMILES string of the molecule is CCC(CCCO[N+](=O)[O-])C(=O)NC. The first kappa shape index (κ1) is 12.7. The molecular formula is C8H16N2O4. The van der Waals surface area contributed by atoms with Crippen molar-refractivity contribution in [1.29, 1.82) is 0 Å². The number of rotatable bonds is 7. The molecule has 6 heteroatoms. The van der Waals surface area contributed by atoms with Gasteiger partial charge in [-0.05, 0) is 19.3 Å². The Balaban J connectivity index is 3.63. The molecule has 82 valence electrons. The molecule has 0 fully saturated rings. The smallest absolute Gasteiger partial charge is 0.294 e. The van der Waals surface area contributed by atoms with E-state index in [9.17, 15) is 14.9 Å². The summed E-state index contributed by atoms with van der Waals surface area (Å²) in [7, 11) is 1.58. The zero-order chi connectivity index (χ0) is 11.0. The fourth-order valence-corrected chi connectivity index (χ4v) is 1.19. The number of hydrogen-bond acceptors (Lipinski definition) is 4. The fourth-order valence-electron chi connectivity index (χ4n) is 1.19. The highest BCUT2D eigenvalue weighted by Gasteiger charge is 2.14. The number of amides is 1. The van der Waals surface area contributed by atoms with Crippen LogP contribution in [-0.4, -0.2) is 24.6 Å². The lowest BCUT2D eigenvalue weighted by atomic mass is 10.00. The Morgan fingerprint density at radius 1 is 1.64 bits per heavy atom. The van der Waals surface area contributed by atoms with E-state index in [-0.39, 0.29) is 18.4 Å². The van der Waals surface area contributed by atoms with Gasteiger partial charge in [0.15, 0.2) is 0 Å². The molecule has 1 N–H and O–H groups in total. The zero-order valence-corrected chi connectivity index (χ0v) is 8.49. The van der Waals surface area contributed by atoms with E-state index in [0.717, 1.165) is 6.42 Å². The van der Waals surface area contributed by atoms with Crippen LogP contribution in [0.1, 0.15) is 26.2 Å². The van der Waals surface area contributed by atoms with Crippen molar-refractivity contribution in [1.82, 2.24) is 5.32 Å². The summed E-state index contributed by atoms with van der Waals surface area (Å²) < 4.78 is 0. The number of hydrogen-bond donors (Lipinski definition) is 1. The molecule has 1 unspecified atom stereocenters. The zero-order valence-electron chi connectivity index (χ0n) is 8.49. The normalized spacial score (nSPS) is 11.9. The highest BCUT2D eigenvalue weighted by atomic mass is 16.9. The molecule has 0 radical (unpaired) electrons. The van der Waals surface area contributed by atoms with Crippen LogP contribution in [0.3, 0.4) is 0 Å². The minimum absolute atomic E-state index is 0.0198. The van der Waals surface area contributed by atoms with Gasteiger partial charge in [-0.15, -0.1) is 10.1 Å². The van der Waals surface area contributed by atoms with Gasteiger partial charge < -0.3 is 10.2 Å². The maximum Gasteiger partial charge on any atom is 0.294 e. The fraction of sp³-hybridized carbons (Fsp3) is 0.875. The summed E-state index contributed by atoms with van der Waals surface area (Å²) >= 11 is 0. The first-order valence-corrected chi connectivity index (χ1v) is 4.60. The standard InChI is InChI=1S/C8H16N2O4/c1-3-7(8(11)9-2)5-4-6-14-10(12)13/h7H,3-6H2,1-2H3,(H,9,11). The van der Waals surface area contributed by atoms with Gasteiger partial charge in [0, 0.05) is 13.0 Å². The number of nitrogens with one attached hydrogen (secondary N) is 1. The second-order valence-electron chi connectivity index (χ2n) is 2.92. The Bertz CT molecular complexity index is 196. The van der Waals surface area contributed by atoms with Crippen LogP contribution >= 0.6 is 0 Å². The van der Waals surface area contributed by atoms with Crippen molar-refractivity contribution in [2.75, 3.05) is 13.7 Å². The van der Waals surface area contributed by atoms with Crippen LogP contribution in [0.4, 0.5) is 0 Å². The predicted octanol–water partition coefficient (Wildman–Crippen LogP) is 0.747. The topological polar surface area (TPSA) is 81.5 Å². The lowest BCUT2D eigenvalue weighted by Crippen LogP contribution is -2.27. The van der Waals surface area contributed by atoms with Gasteiger partial charge in [0.1, 0.15) is 0 Å². The molecule has 14 heavy (non-hydrogen) atoms. The van der Waals surface area contributed by atoms with Crippen LogP contribution in [-0.2, 0) is 9.63 Å². The third-order valence-electron chi connectivity index (χ3n) is 2.00. The molecule has 0 bridgehead atoms. The van der Waals surface area contributed by atoms with E-state index >= 15 is 0 Å². The van der Waals surface area contributed by atoms with Gasteiger partial charge in [-0.25, -0.2) is 0 Å². The van der Waals surface area contributed by atoms with Crippen LogP contribution in [0.2, 0.25) is 0 Å². The van der Waals surface area contributed by atoms with E-state index < -0.39 is 5.09 Å². The third kappa shape index (κ3) is 5.34. The van der Waals surface area contributed by atoms with E-state index in [0.29, 0.717) is 12.8 Å². The van der Waals surface area contributed by atoms with E-state index in [4.69, 9.17) is 0 Å². The Kier molecular flexibility index (Phi) is 6.43. The third-order valence-corrected chi connectivity index (χ3v) is 2.00. The van der Waals surface area contributed by atoms with E-state index in [1.54, 1.807) is 7.05 Å². The van der Waals surface area contributed by atoms with Crippen molar-refractivity contribution in [3.63, 3.8) is 0 Å². The Hall–Kier alpha value is -1.33. The molecule has 1 amide bonds. The van der Waals surface area contributed by atoms with Crippen molar-refractivity contribution in [2.24, 2.45) is 5.92 Å². The molecule has 0 aromatic carbocycles. The number of carbonyl (C=O) groups is 1. The van der Waals surface area contributed by atoms with Crippen molar-refractivity contribution >= 4 is 5.91 Å². The average molecular weight is 204 g/mol. The highest BCUT2D eigenvalue weighted by molar-refractivity contribution is 5.78. The van der Waals surface area contributed by atoms with Crippen molar-refractivity contribution in [3.8, 4) is 0 Å². The summed E-state index contributed by atoms with van der Waals surface area (Å²) in [4.78, 5) is 25.1. The Morgan fingerprint density at radius 3 is 2.71 bits per heavy atom. The lowest BCUT2D eigenvalue weighted by Gasteiger charge is -2.11. The summed E-state index contributed by atoms with van der Waals surface area (Å²) in [5.74, 6) is -0.0936. The maximum atomic E-state index is 11.2. The molecule has 0 aliphatic carbocycles. The predicted molar refractivity (Wildman–Crippen MR) is 50.0 cm³/mol. The average Bonchev–Trinajstić information content (AvgIpc) is 2.16. The minimum atomic E-state index is -0.819. The molecule has 0 spiro atoms. The first-order valence-electron chi connectivity index (χ1n) is 4.60. The van der Waals surface area contributed by atoms with Crippen molar-refractivity contribution in [2.45, 2.75) is 26.2 Å². The Morgan fingerprint density at radius 2 is 2.29 bits per heavy atom. The van der Waals surface area contributed by atoms with Crippen LogP contribution in [0.15, 0.2) is 0 Å². The van der Waals surface area contributed by atoms with Gasteiger partial charge in [-0.3, -0.25) is 4.79 Å². The summed E-state index contributed by atoms with van der Waals surface area (Å²) in [6.07, 6.45) is 1.87. The molecule has 6 nitrogen and oxygen atoms in total. The van der Waals surface area contributed by atoms with E-state index in [2.05, 4.69) is 10.2 Å². The molecule has 0 heterocycles. The Labute approximate surface area is 82.7 Å². The van der Waals surface area contributed by atoms with Gasteiger partial charge in [0.05, 0.1) is 6.61 Å². The van der Waals surface area contributed by atoms with E-state index in [1.165, 1.54) is 0 Å². The van der Waals surface area contributed by atoms with Gasteiger partial charge in [-0.2, -0.15) is 0 Å². The quantitative estimate of drug-likeness (QED) is 0.377. The van der Waals surface area contributed by atoms with Crippen molar-refractivity contribution < 1.29 is 14.7 Å². The van der Waals surface area contributed by atoms with Crippen LogP contribution in [0.5, 0.6) is 0 Å². The highest BCUT2D eigenvalue weighted by Crippen LogP contribution is 2.10.